The molecule has 0 aliphatic carbocycles. The molecule has 0 saturated heterocycles. The fourth-order valence-corrected chi connectivity index (χ4v) is 1.92. The van der Waals surface area contributed by atoms with Crippen molar-refractivity contribution >= 4 is 5.69 Å². The Labute approximate surface area is 118 Å². The molecule has 0 saturated carbocycles. The highest BCUT2D eigenvalue weighted by Gasteiger charge is 2.22. The first kappa shape index (κ1) is 16.6. The van der Waals surface area contributed by atoms with Gasteiger partial charge in [-0.25, -0.2) is 0 Å². The minimum absolute atomic E-state index is 0.00702. The lowest BCUT2D eigenvalue weighted by Crippen LogP contribution is -2.44. The Balaban J connectivity index is 2.62. The second-order valence-corrected chi connectivity index (χ2v) is 5.13. The monoisotopic (exact) mass is 282 g/mol. The largest absolute Gasteiger partial charge is 0.396 e. The fourth-order valence-electron chi connectivity index (χ4n) is 1.92. The van der Waals surface area contributed by atoms with Gasteiger partial charge in [0.05, 0.1) is 11.0 Å². The normalized spacial score (nSPS) is 15.6. The first-order valence-corrected chi connectivity index (χ1v) is 6.70. The number of nitro benzene ring substituents is 1. The van der Waals surface area contributed by atoms with Gasteiger partial charge in [-0.3, -0.25) is 10.1 Å². The molecule has 1 aromatic carbocycles. The zero-order valence-electron chi connectivity index (χ0n) is 11.9. The summed E-state index contributed by atoms with van der Waals surface area (Å²) >= 11 is 0. The van der Waals surface area contributed by atoms with Crippen molar-refractivity contribution < 1.29 is 15.1 Å². The molecule has 0 radical (unpaired) electrons. The van der Waals surface area contributed by atoms with Crippen LogP contribution >= 0.6 is 0 Å². The third-order valence-electron chi connectivity index (χ3n) is 3.65. The lowest BCUT2D eigenvalue weighted by molar-refractivity contribution is -0.384. The van der Waals surface area contributed by atoms with Gasteiger partial charge in [0.2, 0.25) is 0 Å². The summed E-state index contributed by atoms with van der Waals surface area (Å²) in [4.78, 5) is 10.1. The van der Waals surface area contributed by atoms with Crippen molar-refractivity contribution in [2.75, 3.05) is 13.2 Å². The second-order valence-electron chi connectivity index (χ2n) is 5.13. The van der Waals surface area contributed by atoms with Gasteiger partial charge >= 0.3 is 0 Å². The highest BCUT2D eigenvalue weighted by Crippen LogP contribution is 2.19. The minimum Gasteiger partial charge on any atom is -0.396 e. The maximum absolute atomic E-state index is 10.6. The summed E-state index contributed by atoms with van der Waals surface area (Å²) in [6.07, 6.45) is 0.706. The van der Waals surface area contributed by atoms with Crippen molar-refractivity contribution in [1.29, 1.82) is 0 Å². The Bertz CT molecular complexity index is 435. The predicted octanol–water partition coefficient (Wildman–Crippen LogP) is 1.77. The van der Waals surface area contributed by atoms with E-state index in [-0.39, 0.29) is 17.8 Å². The molecule has 1 aromatic rings. The summed E-state index contributed by atoms with van der Waals surface area (Å²) in [6.45, 7) is 4.43. The molecular weight excluding hydrogens is 260 g/mol. The number of non-ortho nitro benzene ring substituents is 1. The zero-order valence-corrected chi connectivity index (χ0v) is 11.9. The zero-order chi connectivity index (χ0) is 15.2. The van der Waals surface area contributed by atoms with Gasteiger partial charge in [0.15, 0.2) is 0 Å². The predicted molar refractivity (Wildman–Crippen MR) is 76.5 cm³/mol. The Morgan fingerprint density at radius 3 is 2.45 bits per heavy atom. The van der Waals surface area contributed by atoms with E-state index in [1.807, 2.05) is 13.8 Å². The van der Waals surface area contributed by atoms with Crippen molar-refractivity contribution in [2.24, 2.45) is 0 Å². The third-order valence-corrected chi connectivity index (χ3v) is 3.65. The average molecular weight is 282 g/mol. The molecule has 0 amide bonds. The first-order valence-electron chi connectivity index (χ1n) is 6.70. The number of benzene rings is 1. The number of nitrogens with one attached hydrogen (secondary N) is 1. The van der Waals surface area contributed by atoms with Gasteiger partial charge in [-0.05, 0) is 37.5 Å². The number of hydrogen-bond donors (Lipinski definition) is 3. The maximum Gasteiger partial charge on any atom is 0.269 e. The fraction of sp³-hybridized carbons (Fsp3) is 0.571. The molecule has 0 spiro atoms. The molecule has 0 aromatic heterocycles. The minimum atomic E-state index is -0.736. The summed E-state index contributed by atoms with van der Waals surface area (Å²) in [5.41, 5.74) is 0.411. The molecule has 1 rings (SSSR count). The van der Waals surface area contributed by atoms with Gasteiger partial charge in [0.25, 0.3) is 5.69 Å². The van der Waals surface area contributed by atoms with E-state index in [1.165, 1.54) is 12.1 Å². The topological polar surface area (TPSA) is 95.6 Å². The summed E-state index contributed by atoms with van der Waals surface area (Å²) in [7, 11) is 0. The van der Waals surface area contributed by atoms with Crippen LogP contribution in [0.25, 0.3) is 0 Å². The van der Waals surface area contributed by atoms with Gasteiger partial charge < -0.3 is 15.5 Å². The van der Waals surface area contributed by atoms with Crippen molar-refractivity contribution in [3.8, 4) is 0 Å². The summed E-state index contributed by atoms with van der Waals surface area (Å²) in [6, 6.07) is 5.87. The second kappa shape index (κ2) is 7.33. The van der Waals surface area contributed by atoms with Crippen LogP contribution in [0.2, 0.25) is 0 Å². The highest BCUT2D eigenvalue weighted by atomic mass is 16.6. The number of aliphatic hydroxyl groups excluding tert-OH is 2. The van der Waals surface area contributed by atoms with Gasteiger partial charge in [0, 0.05) is 30.8 Å². The van der Waals surface area contributed by atoms with Gasteiger partial charge in [0.1, 0.15) is 0 Å². The lowest BCUT2D eigenvalue weighted by Gasteiger charge is -2.30. The molecule has 0 bridgehead atoms. The van der Waals surface area contributed by atoms with Gasteiger partial charge in [-0.2, -0.15) is 0 Å². The van der Waals surface area contributed by atoms with E-state index >= 15 is 0 Å². The van der Waals surface area contributed by atoms with Crippen molar-refractivity contribution in [3.63, 3.8) is 0 Å². The SMILES string of the molecule is CCC(C)(CCO)NCC(O)c1ccc([N+](=O)[O-])cc1. The average Bonchev–Trinajstić information content (AvgIpc) is 2.45. The molecule has 112 valence electrons. The Kier molecular flexibility index (Phi) is 6.06. The number of rotatable bonds is 8. The van der Waals surface area contributed by atoms with E-state index in [0.717, 1.165) is 6.42 Å². The molecule has 0 aliphatic heterocycles. The van der Waals surface area contributed by atoms with Crippen LogP contribution in [-0.4, -0.2) is 33.8 Å². The molecule has 0 aliphatic rings. The van der Waals surface area contributed by atoms with Crippen molar-refractivity contribution in [3.05, 3.63) is 39.9 Å². The Morgan fingerprint density at radius 1 is 1.40 bits per heavy atom. The summed E-state index contributed by atoms with van der Waals surface area (Å²) in [5, 5.41) is 32.9. The Hall–Kier alpha value is -1.50. The smallest absolute Gasteiger partial charge is 0.269 e. The number of β-amino-alcohol motifs (C(OH)–C–C–N with tert-alkyl or cyclic N) is 1. The number of aliphatic hydroxyl groups is 2. The van der Waals surface area contributed by atoms with Crippen LogP contribution in [0.15, 0.2) is 24.3 Å². The third kappa shape index (κ3) is 4.56. The van der Waals surface area contributed by atoms with Crippen LogP contribution in [0, 0.1) is 10.1 Å². The molecule has 3 N–H and O–H groups in total. The molecular formula is C14H22N2O4. The number of nitro groups is 1. The first-order chi connectivity index (χ1) is 9.41. The number of nitrogens with zero attached hydrogens (tertiary/aromatic N) is 1. The van der Waals surface area contributed by atoms with E-state index in [9.17, 15) is 15.2 Å². The van der Waals surface area contributed by atoms with E-state index in [0.29, 0.717) is 18.5 Å². The van der Waals surface area contributed by atoms with Crippen molar-refractivity contribution in [1.82, 2.24) is 5.32 Å². The molecule has 0 heterocycles. The van der Waals surface area contributed by atoms with Crippen LogP contribution in [-0.2, 0) is 0 Å². The molecule has 2 atom stereocenters. The summed E-state index contributed by atoms with van der Waals surface area (Å²) < 4.78 is 0. The molecule has 6 heteroatoms. The molecule has 6 nitrogen and oxygen atoms in total. The lowest BCUT2D eigenvalue weighted by atomic mass is 9.94. The van der Waals surface area contributed by atoms with E-state index in [1.54, 1.807) is 12.1 Å². The Morgan fingerprint density at radius 2 is 2.00 bits per heavy atom. The molecule has 20 heavy (non-hydrogen) atoms. The van der Waals surface area contributed by atoms with Crippen LogP contribution < -0.4 is 5.32 Å². The van der Waals surface area contributed by atoms with Gasteiger partial charge in [-0.15, -0.1) is 0 Å². The van der Waals surface area contributed by atoms with E-state index in [4.69, 9.17) is 5.11 Å². The number of hydrogen-bond acceptors (Lipinski definition) is 5. The van der Waals surface area contributed by atoms with E-state index < -0.39 is 11.0 Å². The summed E-state index contributed by atoms with van der Waals surface area (Å²) in [5.74, 6) is 0. The maximum atomic E-state index is 10.6. The standard InChI is InChI=1S/C14H22N2O4/c1-3-14(2,8-9-17)15-10-13(18)11-4-6-12(7-5-11)16(19)20/h4-7,13,15,17-18H,3,8-10H2,1-2H3. The van der Waals surface area contributed by atoms with Crippen LogP contribution in [0.5, 0.6) is 0 Å². The molecule has 0 fully saturated rings. The molecule has 2 unspecified atom stereocenters. The highest BCUT2D eigenvalue weighted by molar-refractivity contribution is 5.33. The van der Waals surface area contributed by atoms with Gasteiger partial charge in [-0.1, -0.05) is 6.92 Å². The van der Waals surface area contributed by atoms with E-state index in [2.05, 4.69) is 5.32 Å². The van der Waals surface area contributed by atoms with Crippen LogP contribution in [0.3, 0.4) is 0 Å². The van der Waals surface area contributed by atoms with Crippen LogP contribution in [0.1, 0.15) is 38.4 Å². The van der Waals surface area contributed by atoms with Crippen LogP contribution in [0.4, 0.5) is 5.69 Å². The quantitative estimate of drug-likeness (QED) is 0.499. The van der Waals surface area contributed by atoms with Crippen molar-refractivity contribution in [2.45, 2.75) is 38.3 Å².